The smallest absolute Gasteiger partial charge is 0.193 e. The SMILES string of the molecule is CCNC(=NCCc1cn2cccc(C)c2n1)N1CCC(OCC2CCCCO2)CC1.I. The van der Waals surface area contributed by atoms with Crippen LogP contribution in [0.4, 0.5) is 0 Å². The minimum Gasteiger partial charge on any atom is -0.376 e. The Balaban J connectivity index is 0.00000289. The zero-order valence-corrected chi connectivity index (χ0v) is 21.8. The standard InChI is InChI=1S/C24H37N5O2.HI/c1-3-25-24(26-12-9-20-17-29-13-6-7-19(2)23(29)27-20)28-14-10-21(11-15-28)31-18-22-8-4-5-16-30-22;/h6-7,13,17,21-22H,3-5,8-12,14-16,18H2,1-2H3,(H,25,26);1H. The van der Waals surface area contributed by atoms with Crippen LogP contribution in [0.1, 0.15) is 50.3 Å². The first-order valence-corrected chi connectivity index (χ1v) is 11.9. The van der Waals surface area contributed by atoms with E-state index in [4.69, 9.17) is 19.5 Å². The molecule has 7 nitrogen and oxygen atoms in total. The Morgan fingerprint density at radius 2 is 2.12 bits per heavy atom. The van der Waals surface area contributed by atoms with Crippen LogP contribution >= 0.6 is 24.0 Å². The van der Waals surface area contributed by atoms with E-state index in [2.05, 4.69) is 53.0 Å². The van der Waals surface area contributed by atoms with E-state index >= 15 is 0 Å². The van der Waals surface area contributed by atoms with Crippen LogP contribution in [0.3, 0.4) is 0 Å². The Kier molecular flexibility index (Phi) is 10.1. The van der Waals surface area contributed by atoms with Crippen molar-refractivity contribution in [2.75, 3.05) is 39.4 Å². The van der Waals surface area contributed by atoms with Gasteiger partial charge in [0.05, 0.1) is 24.5 Å². The number of hydrogen-bond donors (Lipinski definition) is 1. The number of aryl methyl sites for hydroxylation is 1. The van der Waals surface area contributed by atoms with Crippen LogP contribution in [0.2, 0.25) is 0 Å². The lowest BCUT2D eigenvalue weighted by molar-refractivity contribution is -0.0721. The lowest BCUT2D eigenvalue weighted by Gasteiger charge is -2.35. The number of hydrogen-bond acceptors (Lipinski definition) is 4. The van der Waals surface area contributed by atoms with E-state index < -0.39 is 0 Å². The average Bonchev–Trinajstić information content (AvgIpc) is 3.23. The normalized spacial score (nSPS) is 20.4. The van der Waals surface area contributed by atoms with Gasteiger partial charge in [-0.1, -0.05) is 6.07 Å². The second kappa shape index (κ2) is 12.7. The molecular weight excluding hydrogens is 517 g/mol. The summed E-state index contributed by atoms with van der Waals surface area (Å²) in [6.07, 6.45) is 11.3. The lowest BCUT2D eigenvalue weighted by Crippen LogP contribution is -2.47. The number of halogens is 1. The van der Waals surface area contributed by atoms with Crippen LogP contribution in [-0.2, 0) is 15.9 Å². The molecule has 2 aromatic rings. The lowest BCUT2D eigenvalue weighted by atomic mass is 10.1. The number of nitrogens with one attached hydrogen (secondary N) is 1. The van der Waals surface area contributed by atoms with E-state index in [1.54, 1.807) is 0 Å². The third-order valence-corrected chi connectivity index (χ3v) is 6.23. The average molecular weight is 556 g/mol. The summed E-state index contributed by atoms with van der Waals surface area (Å²) in [6.45, 7) is 9.44. The van der Waals surface area contributed by atoms with Crippen molar-refractivity contribution in [1.82, 2.24) is 19.6 Å². The monoisotopic (exact) mass is 555 g/mol. The number of imidazole rings is 1. The fourth-order valence-electron chi connectivity index (χ4n) is 4.44. The van der Waals surface area contributed by atoms with Crippen LogP contribution in [0.5, 0.6) is 0 Å². The molecule has 2 aliphatic rings. The van der Waals surface area contributed by atoms with Gasteiger partial charge in [-0.15, -0.1) is 24.0 Å². The van der Waals surface area contributed by atoms with Gasteiger partial charge < -0.3 is 24.1 Å². The maximum Gasteiger partial charge on any atom is 0.193 e. The molecular formula is C24H38IN5O2. The summed E-state index contributed by atoms with van der Waals surface area (Å²) in [4.78, 5) is 12.0. The predicted molar refractivity (Wildman–Crippen MR) is 139 cm³/mol. The summed E-state index contributed by atoms with van der Waals surface area (Å²) in [5.74, 6) is 1.01. The Bertz CT molecular complexity index is 857. The molecule has 1 unspecified atom stereocenters. The van der Waals surface area contributed by atoms with Crippen LogP contribution < -0.4 is 5.32 Å². The minimum atomic E-state index is 0. The Labute approximate surface area is 209 Å². The highest BCUT2D eigenvalue weighted by Gasteiger charge is 2.23. The first kappa shape index (κ1) is 25.2. The molecule has 2 aromatic heterocycles. The summed E-state index contributed by atoms with van der Waals surface area (Å²) >= 11 is 0. The zero-order valence-electron chi connectivity index (χ0n) is 19.5. The maximum absolute atomic E-state index is 6.17. The number of aromatic nitrogens is 2. The molecule has 2 aliphatic heterocycles. The largest absolute Gasteiger partial charge is 0.376 e. The Hall–Kier alpha value is -1.39. The zero-order chi connectivity index (χ0) is 21.5. The molecule has 0 amide bonds. The Morgan fingerprint density at radius 3 is 2.84 bits per heavy atom. The van der Waals surface area contributed by atoms with E-state index in [0.717, 1.165) is 82.4 Å². The molecule has 1 atom stereocenters. The van der Waals surface area contributed by atoms with E-state index in [-0.39, 0.29) is 24.0 Å². The van der Waals surface area contributed by atoms with E-state index in [9.17, 15) is 0 Å². The van der Waals surface area contributed by atoms with E-state index in [1.807, 2.05) is 0 Å². The first-order valence-electron chi connectivity index (χ1n) is 11.9. The predicted octanol–water partition coefficient (Wildman–Crippen LogP) is 3.82. The number of pyridine rings is 1. The molecule has 4 rings (SSSR count). The van der Waals surface area contributed by atoms with Crippen LogP contribution in [-0.4, -0.2) is 71.8 Å². The van der Waals surface area contributed by atoms with Gasteiger partial charge in [0.25, 0.3) is 0 Å². The number of ether oxygens (including phenoxy) is 2. The van der Waals surface area contributed by atoms with Crippen molar-refractivity contribution in [3.8, 4) is 0 Å². The van der Waals surface area contributed by atoms with Gasteiger partial charge in [-0.25, -0.2) is 4.98 Å². The fraction of sp³-hybridized carbons (Fsp3) is 0.667. The highest BCUT2D eigenvalue weighted by molar-refractivity contribution is 14.0. The molecule has 2 saturated heterocycles. The number of fused-ring (bicyclic) bond motifs is 1. The van der Waals surface area contributed by atoms with Gasteiger partial charge in [0, 0.05) is 51.6 Å². The number of nitrogens with zero attached hydrogens (tertiary/aromatic N) is 4. The summed E-state index contributed by atoms with van der Waals surface area (Å²) in [7, 11) is 0. The van der Waals surface area contributed by atoms with Gasteiger partial charge in [-0.05, 0) is 57.6 Å². The third kappa shape index (κ3) is 6.81. The topological polar surface area (TPSA) is 63.4 Å². The summed E-state index contributed by atoms with van der Waals surface area (Å²) in [6, 6.07) is 4.16. The van der Waals surface area contributed by atoms with Crippen molar-refractivity contribution >= 4 is 35.6 Å². The molecule has 0 aromatic carbocycles. The van der Waals surface area contributed by atoms with Gasteiger partial charge >= 0.3 is 0 Å². The van der Waals surface area contributed by atoms with Crippen molar-refractivity contribution in [3.05, 3.63) is 35.8 Å². The molecule has 178 valence electrons. The van der Waals surface area contributed by atoms with Gasteiger partial charge in [0.2, 0.25) is 0 Å². The molecule has 32 heavy (non-hydrogen) atoms. The van der Waals surface area contributed by atoms with Crippen molar-refractivity contribution < 1.29 is 9.47 Å². The highest BCUT2D eigenvalue weighted by Crippen LogP contribution is 2.18. The minimum absolute atomic E-state index is 0. The van der Waals surface area contributed by atoms with Gasteiger partial charge in [-0.2, -0.15) is 0 Å². The number of likely N-dealkylation sites (tertiary alicyclic amines) is 1. The van der Waals surface area contributed by atoms with Crippen LogP contribution in [0, 0.1) is 6.92 Å². The molecule has 0 aliphatic carbocycles. The number of guanidine groups is 1. The third-order valence-electron chi connectivity index (χ3n) is 6.23. The van der Waals surface area contributed by atoms with E-state index in [0.29, 0.717) is 12.2 Å². The van der Waals surface area contributed by atoms with Gasteiger partial charge in [0.15, 0.2) is 5.96 Å². The van der Waals surface area contributed by atoms with Crippen LogP contribution in [0.15, 0.2) is 29.5 Å². The maximum atomic E-state index is 6.17. The molecule has 0 saturated carbocycles. The second-order valence-electron chi connectivity index (χ2n) is 8.65. The van der Waals surface area contributed by atoms with E-state index in [1.165, 1.54) is 18.4 Å². The molecule has 8 heteroatoms. The number of aliphatic imine (C=N–C) groups is 1. The number of rotatable bonds is 7. The molecule has 0 bridgehead atoms. The van der Waals surface area contributed by atoms with Gasteiger partial charge in [-0.3, -0.25) is 4.99 Å². The summed E-state index contributed by atoms with van der Waals surface area (Å²) in [5.41, 5.74) is 3.32. The van der Waals surface area contributed by atoms with Crippen molar-refractivity contribution in [3.63, 3.8) is 0 Å². The second-order valence-corrected chi connectivity index (χ2v) is 8.65. The quantitative estimate of drug-likeness (QED) is 0.320. The summed E-state index contributed by atoms with van der Waals surface area (Å²) in [5, 5.41) is 3.46. The van der Waals surface area contributed by atoms with Crippen molar-refractivity contribution in [2.24, 2.45) is 4.99 Å². The van der Waals surface area contributed by atoms with Crippen molar-refractivity contribution in [1.29, 1.82) is 0 Å². The molecule has 4 heterocycles. The highest BCUT2D eigenvalue weighted by atomic mass is 127. The van der Waals surface area contributed by atoms with Crippen LogP contribution in [0.25, 0.3) is 5.65 Å². The Morgan fingerprint density at radius 1 is 1.28 bits per heavy atom. The molecule has 0 spiro atoms. The molecule has 2 fully saturated rings. The molecule has 1 N–H and O–H groups in total. The van der Waals surface area contributed by atoms with Gasteiger partial charge in [0.1, 0.15) is 5.65 Å². The van der Waals surface area contributed by atoms with Crippen molar-refractivity contribution in [2.45, 2.75) is 64.6 Å². The number of piperidine rings is 1. The fourth-order valence-corrected chi connectivity index (χ4v) is 4.44. The summed E-state index contributed by atoms with van der Waals surface area (Å²) < 4.78 is 14.1. The molecule has 0 radical (unpaired) electrons. The first-order chi connectivity index (χ1) is 15.2.